The van der Waals surface area contributed by atoms with E-state index in [4.69, 9.17) is 4.74 Å². The molecule has 1 aliphatic rings. The number of thioether (sulfide) groups is 1. The summed E-state index contributed by atoms with van der Waals surface area (Å²) in [7, 11) is 0. The van der Waals surface area contributed by atoms with E-state index in [2.05, 4.69) is 72.2 Å². The summed E-state index contributed by atoms with van der Waals surface area (Å²) in [5.74, 6) is 1.48. The Morgan fingerprint density at radius 1 is 1.24 bits per heavy atom. The van der Waals surface area contributed by atoms with Crippen molar-refractivity contribution in [3.63, 3.8) is 0 Å². The molecule has 0 saturated carbocycles. The van der Waals surface area contributed by atoms with Crippen molar-refractivity contribution in [3.05, 3.63) is 58.1 Å². The molecule has 2 aromatic carbocycles. The van der Waals surface area contributed by atoms with Crippen LogP contribution in [0, 0.1) is 0 Å². The highest BCUT2D eigenvalue weighted by Gasteiger charge is 2.22. The molecule has 2 aromatic rings. The molecule has 0 aliphatic carbocycles. The summed E-state index contributed by atoms with van der Waals surface area (Å²) in [5.41, 5.74) is 2.72. The molecular weight excluding hydrogens is 344 g/mol. The van der Waals surface area contributed by atoms with Gasteiger partial charge in [0.25, 0.3) is 0 Å². The predicted octanol–water partition coefficient (Wildman–Crippen LogP) is 5.67. The lowest BCUT2D eigenvalue weighted by atomic mass is 10.0. The van der Waals surface area contributed by atoms with E-state index >= 15 is 0 Å². The quantitative estimate of drug-likeness (QED) is 0.692. The van der Waals surface area contributed by atoms with Crippen molar-refractivity contribution < 1.29 is 4.74 Å². The first kappa shape index (κ1) is 15.0. The van der Waals surface area contributed by atoms with Crippen LogP contribution in [0.15, 0.2) is 51.8 Å². The van der Waals surface area contributed by atoms with Gasteiger partial charge in [-0.2, -0.15) is 0 Å². The minimum Gasteiger partial charge on any atom is -0.492 e. The summed E-state index contributed by atoms with van der Waals surface area (Å²) in [4.78, 5) is 1.41. The molecule has 21 heavy (non-hydrogen) atoms. The molecule has 0 spiro atoms. The van der Waals surface area contributed by atoms with Crippen LogP contribution in [0.4, 0.5) is 0 Å². The van der Waals surface area contributed by atoms with Crippen LogP contribution in [0.3, 0.4) is 0 Å². The van der Waals surface area contributed by atoms with Gasteiger partial charge in [-0.3, -0.25) is 0 Å². The van der Waals surface area contributed by atoms with E-state index in [1.165, 1.54) is 16.0 Å². The first-order chi connectivity index (χ1) is 10.1. The van der Waals surface area contributed by atoms with E-state index in [-0.39, 0.29) is 0 Å². The van der Waals surface area contributed by atoms with Crippen molar-refractivity contribution in [1.82, 2.24) is 0 Å². The Balaban J connectivity index is 1.67. The highest BCUT2D eigenvalue weighted by molar-refractivity contribution is 9.10. The number of ether oxygens (including phenoxy) is 1. The Morgan fingerprint density at radius 3 is 2.81 bits per heavy atom. The molecule has 0 amide bonds. The molecule has 1 aliphatic heterocycles. The SMILES string of the molecule is CC(C)c1cc(Br)ccc1OCC1Cc2ccccc2S1. The average Bonchev–Trinajstić information content (AvgIpc) is 2.88. The second-order valence-electron chi connectivity index (χ2n) is 5.70. The van der Waals surface area contributed by atoms with Gasteiger partial charge in [0, 0.05) is 14.6 Å². The third kappa shape index (κ3) is 3.46. The zero-order chi connectivity index (χ0) is 14.8. The number of rotatable bonds is 4. The standard InChI is InChI=1S/C18H19BrOS/c1-12(2)16-10-14(19)7-8-17(16)20-11-15-9-13-5-3-4-6-18(13)21-15/h3-8,10,12,15H,9,11H2,1-2H3. The average molecular weight is 363 g/mol. The fourth-order valence-electron chi connectivity index (χ4n) is 2.63. The summed E-state index contributed by atoms with van der Waals surface area (Å²) in [6.07, 6.45) is 1.11. The second-order valence-corrected chi connectivity index (χ2v) is 7.96. The van der Waals surface area contributed by atoms with E-state index in [1.807, 2.05) is 11.8 Å². The lowest BCUT2D eigenvalue weighted by molar-refractivity contribution is 0.313. The van der Waals surface area contributed by atoms with Gasteiger partial charge in [0.2, 0.25) is 0 Å². The smallest absolute Gasteiger partial charge is 0.122 e. The van der Waals surface area contributed by atoms with Crippen LogP contribution in [-0.2, 0) is 6.42 Å². The minimum atomic E-state index is 0.464. The first-order valence-electron chi connectivity index (χ1n) is 7.30. The van der Waals surface area contributed by atoms with E-state index in [9.17, 15) is 0 Å². The van der Waals surface area contributed by atoms with Gasteiger partial charge in [-0.25, -0.2) is 0 Å². The number of hydrogen-bond donors (Lipinski definition) is 0. The summed E-state index contributed by atoms with van der Waals surface area (Å²) < 4.78 is 7.24. The maximum absolute atomic E-state index is 6.13. The van der Waals surface area contributed by atoms with Crippen molar-refractivity contribution in [1.29, 1.82) is 0 Å². The molecule has 0 radical (unpaired) electrons. The zero-order valence-corrected chi connectivity index (χ0v) is 14.7. The molecule has 3 heteroatoms. The van der Waals surface area contributed by atoms with Crippen molar-refractivity contribution in [2.45, 2.75) is 36.3 Å². The number of halogens is 1. The molecule has 1 unspecified atom stereocenters. The lowest BCUT2D eigenvalue weighted by Gasteiger charge is -2.16. The Kier molecular flexibility index (Phi) is 4.60. The fraction of sp³-hybridized carbons (Fsp3) is 0.333. The highest BCUT2D eigenvalue weighted by Crippen LogP contribution is 2.37. The first-order valence-corrected chi connectivity index (χ1v) is 8.97. The molecule has 0 bridgehead atoms. The van der Waals surface area contributed by atoms with Gasteiger partial charge in [0.1, 0.15) is 12.4 Å². The molecule has 0 saturated heterocycles. The molecule has 1 atom stereocenters. The molecule has 0 N–H and O–H groups in total. The molecule has 0 fully saturated rings. The van der Waals surface area contributed by atoms with E-state index in [0.717, 1.165) is 23.2 Å². The van der Waals surface area contributed by atoms with Crippen LogP contribution < -0.4 is 4.74 Å². The lowest BCUT2D eigenvalue weighted by Crippen LogP contribution is -2.14. The summed E-state index contributed by atoms with van der Waals surface area (Å²) in [5, 5.41) is 0.519. The van der Waals surface area contributed by atoms with E-state index < -0.39 is 0 Å². The monoisotopic (exact) mass is 362 g/mol. The van der Waals surface area contributed by atoms with E-state index in [0.29, 0.717) is 11.2 Å². The maximum Gasteiger partial charge on any atom is 0.122 e. The topological polar surface area (TPSA) is 9.23 Å². The molecule has 110 valence electrons. The molecule has 1 nitrogen and oxygen atoms in total. The van der Waals surface area contributed by atoms with Crippen LogP contribution in [-0.4, -0.2) is 11.9 Å². The Hall–Kier alpha value is -0.930. The van der Waals surface area contributed by atoms with Crippen LogP contribution >= 0.6 is 27.7 Å². The summed E-state index contributed by atoms with van der Waals surface area (Å²) in [6, 6.07) is 15.0. The normalized spacial score (nSPS) is 17.0. The fourth-order valence-corrected chi connectivity index (χ4v) is 4.23. The van der Waals surface area contributed by atoms with Crippen LogP contribution in [0.2, 0.25) is 0 Å². The molecular formula is C18H19BrOS. The van der Waals surface area contributed by atoms with Crippen LogP contribution in [0.25, 0.3) is 0 Å². The van der Waals surface area contributed by atoms with Gasteiger partial charge in [-0.1, -0.05) is 48.0 Å². The van der Waals surface area contributed by atoms with Crippen molar-refractivity contribution in [2.24, 2.45) is 0 Å². The summed E-state index contributed by atoms with van der Waals surface area (Å²) in [6.45, 7) is 5.17. The van der Waals surface area contributed by atoms with Gasteiger partial charge in [0.15, 0.2) is 0 Å². The predicted molar refractivity (Wildman–Crippen MR) is 93.5 cm³/mol. The third-order valence-electron chi connectivity index (χ3n) is 3.73. The zero-order valence-electron chi connectivity index (χ0n) is 12.3. The van der Waals surface area contributed by atoms with Gasteiger partial charge in [-0.05, 0) is 47.7 Å². The number of fused-ring (bicyclic) bond motifs is 1. The van der Waals surface area contributed by atoms with Gasteiger partial charge in [-0.15, -0.1) is 11.8 Å². The molecule has 3 rings (SSSR count). The van der Waals surface area contributed by atoms with Gasteiger partial charge >= 0.3 is 0 Å². The van der Waals surface area contributed by atoms with Crippen LogP contribution in [0.1, 0.15) is 30.9 Å². The number of hydrogen-bond acceptors (Lipinski definition) is 2. The van der Waals surface area contributed by atoms with Gasteiger partial charge < -0.3 is 4.74 Å². The van der Waals surface area contributed by atoms with Gasteiger partial charge in [0.05, 0.1) is 0 Å². The van der Waals surface area contributed by atoms with Crippen molar-refractivity contribution in [2.75, 3.05) is 6.61 Å². The second kappa shape index (κ2) is 6.45. The summed E-state index contributed by atoms with van der Waals surface area (Å²) >= 11 is 5.48. The molecule has 0 aromatic heterocycles. The Morgan fingerprint density at radius 2 is 2.05 bits per heavy atom. The minimum absolute atomic E-state index is 0.464. The Bertz CT molecular complexity index is 614. The number of benzene rings is 2. The molecule has 1 heterocycles. The third-order valence-corrected chi connectivity index (χ3v) is 5.51. The van der Waals surface area contributed by atoms with Crippen molar-refractivity contribution in [3.8, 4) is 5.75 Å². The van der Waals surface area contributed by atoms with Crippen molar-refractivity contribution >= 4 is 27.7 Å². The largest absolute Gasteiger partial charge is 0.492 e. The maximum atomic E-state index is 6.13. The Labute approximate surface area is 139 Å². The van der Waals surface area contributed by atoms with E-state index in [1.54, 1.807) is 0 Å². The van der Waals surface area contributed by atoms with Crippen LogP contribution in [0.5, 0.6) is 5.75 Å². The highest BCUT2D eigenvalue weighted by atomic mass is 79.9.